The van der Waals surface area contributed by atoms with E-state index in [9.17, 15) is 9.59 Å². The molecule has 0 bridgehead atoms. The Bertz CT molecular complexity index is 330. The van der Waals surface area contributed by atoms with Crippen LogP contribution in [-0.2, 0) is 19.1 Å². The molecule has 128 valence electrons. The summed E-state index contributed by atoms with van der Waals surface area (Å²) in [6.45, 7) is -0.0898. The molecule has 6 N–H and O–H groups in total. The normalized spacial score (nSPS) is 40.5. The quantitative estimate of drug-likeness (QED) is 0.276. The van der Waals surface area contributed by atoms with Crippen LogP contribution in [0.3, 0.4) is 0 Å². The Labute approximate surface area is 125 Å². The summed E-state index contributed by atoms with van der Waals surface area (Å²) in [4.78, 5) is 20.0. The van der Waals surface area contributed by atoms with Crippen LogP contribution < -0.4 is 0 Å². The van der Waals surface area contributed by atoms with Crippen LogP contribution in [0.2, 0.25) is 0 Å². The van der Waals surface area contributed by atoms with Gasteiger partial charge in [-0.3, -0.25) is 0 Å². The first-order valence-corrected chi connectivity index (χ1v) is 6.55. The first kappa shape index (κ1) is 19.1. The van der Waals surface area contributed by atoms with Gasteiger partial charge in [-0.05, 0) is 0 Å². The van der Waals surface area contributed by atoms with Crippen molar-refractivity contribution >= 4 is 12.6 Å². The summed E-state index contributed by atoms with van der Waals surface area (Å²) in [5.41, 5.74) is 0. The number of aliphatic hydroxyl groups is 6. The fourth-order valence-electron chi connectivity index (χ4n) is 2.01. The lowest BCUT2D eigenvalue weighted by Crippen LogP contribution is -2.39. The summed E-state index contributed by atoms with van der Waals surface area (Å²) in [7, 11) is 0. The van der Waals surface area contributed by atoms with Gasteiger partial charge < -0.3 is 49.7 Å². The van der Waals surface area contributed by atoms with Gasteiger partial charge in [0.2, 0.25) is 0 Å². The number of aliphatic hydroxyl groups excluding tert-OH is 6. The Balaban J connectivity index is 0.000000220. The summed E-state index contributed by atoms with van der Waals surface area (Å²) in [6, 6.07) is 0. The third-order valence-corrected chi connectivity index (χ3v) is 3.33. The Morgan fingerprint density at radius 1 is 0.773 bits per heavy atom. The predicted molar refractivity (Wildman–Crippen MR) is 67.6 cm³/mol. The van der Waals surface area contributed by atoms with Gasteiger partial charge in [0.1, 0.15) is 48.8 Å². The summed E-state index contributed by atoms with van der Waals surface area (Å²) in [5, 5.41) is 53.7. The number of carbonyl (C=O) groups is 2. The van der Waals surface area contributed by atoms with Gasteiger partial charge in [-0.25, -0.2) is 0 Å². The van der Waals surface area contributed by atoms with Crippen molar-refractivity contribution in [2.75, 3.05) is 13.2 Å². The van der Waals surface area contributed by atoms with Gasteiger partial charge in [0, 0.05) is 0 Å². The Kier molecular flexibility index (Phi) is 7.45. The van der Waals surface area contributed by atoms with E-state index >= 15 is 0 Å². The molecule has 2 saturated heterocycles. The molecule has 0 spiro atoms. The molecular weight excluding hydrogens is 304 g/mol. The zero-order valence-corrected chi connectivity index (χ0v) is 11.5. The molecule has 2 aliphatic heterocycles. The average Bonchev–Trinajstić information content (AvgIpc) is 3.02. The Morgan fingerprint density at radius 2 is 1.09 bits per heavy atom. The monoisotopic (exact) mass is 324 g/mol. The maximum absolute atomic E-state index is 10.0. The molecule has 0 radical (unpaired) electrons. The fraction of sp³-hybridized carbons (Fsp3) is 0.833. The maximum Gasteiger partial charge on any atom is 0.151 e. The van der Waals surface area contributed by atoms with Crippen molar-refractivity contribution in [2.24, 2.45) is 0 Å². The van der Waals surface area contributed by atoms with Crippen molar-refractivity contribution in [1.29, 1.82) is 0 Å². The van der Waals surface area contributed by atoms with E-state index in [4.69, 9.17) is 40.1 Å². The van der Waals surface area contributed by atoms with Gasteiger partial charge in [-0.2, -0.15) is 0 Å². The lowest BCUT2D eigenvalue weighted by atomic mass is 10.1. The molecule has 10 heteroatoms. The van der Waals surface area contributed by atoms with E-state index in [-0.39, 0.29) is 25.8 Å². The second-order valence-electron chi connectivity index (χ2n) is 4.97. The van der Waals surface area contributed by atoms with E-state index in [1.807, 2.05) is 0 Å². The van der Waals surface area contributed by atoms with E-state index < -0.39 is 48.8 Å². The van der Waals surface area contributed by atoms with Crippen LogP contribution in [0.5, 0.6) is 0 Å². The minimum atomic E-state index is -1.36. The molecule has 2 rings (SSSR count). The van der Waals surface area contributed by atoms with Crippen molar-refractivity contribution in [3.8, 4) is 0 Å². The number of hydrogen-bond donors (Lipinski definition) is 6. The van der Waals surface area contributed by atoms with Gasteiger partial charge in [-0.1, -0.05) is 0 Å². The number of ether oxygens (including phenoxy) is 2. The van der Waals surface area contributed by atoms with Gasteiger partial charge >= 0.3 is 0 Å². The van der Waals surface area contributed by atoms with Crippen molar-refractivity contribution < 1.29 is 49.7 Å². The van der Waals surface area contributed by atoms with Crippen molar-refractivity contribution in [2.45, 2.75) is 48.8 Å². The predicted octanol–water partition coefficient (Wildman–Crippen LogP) is -4.67. The third kappa shape index (κ3) is 4.51. The molecule has 0 amide bonds. The minimum Gasteiger partial charge on any atom is -0.388 e. The van der Waals surface area contributed by atoms with E-state index in [0.717, 1.165) is 0 Å². The van der Waals surface area contributed by atoms with Crippen molar-refractivity contribution in [3.63, 3.8) is 0 Å². The zero-order valence-electron chi connectivity index (χ0n) is 11.5. The molecular formula is C12H20O10. The molecule has 2 aliphatic rings. The Hall–Kier alpha value is -0.980. The van der Waals surface area contributed by atoms with Gasteiger partial charge in [0.05, 0.1) is 13.2 Å². The van der Waals surface area contributed by atoms with Gasteiger partial charge in [-0.15, -0.1) is 0 Å². The van der Waals surface area contributed by atoms with Crippen LogP contribution in [0.25, 0.3) is 0 Å². The summed E-state index contributed by atoms with van der Waals surface area (Å²) in [5.74, 6) is 0. The van der Waals surface area contributed by atoms with Crippen molar-refractivity contribution in [1.82, 2.24) is 0 Å². The lowest BCUT2D eigenvalue weighted by Gasteiger charge is -2.15. The number of aldehydes is 2. The molecule has 22 heavy (non-hydrogen) atoms. The van der Waals surface area contributed by atoms with Crippen LogP contribution in [0.15, 0.2) is 0 Å². The smallest absolute Gasteiger partial charge is 0.151 e. The van der Waals surface area contributed by atoms with Gasteiger partial charge in [0.15, 0.2) is 12.6 Å². The van der Waals surface area contributed by atoms with Crippen LogP contribution in [0.4, 0.5) is 0 Å². The zero-order chi connectivity index (χ0) is 16.9. The molecule has 2 heterocycles. The Morgan fingerprint density at radius 3 is 1.27 bits per heavy atom. The van der Waals surface area contributed by atoms with E-state index in [1.54, 1.807) is 0 Å². The van der Waals surface area contributed by atoms with E-state index in [0.29, 0.717) is 0 Å². The second-order valence-corrected chi connectivity index (χ2v) is 4.97. The molecule has 0 aromatic rings. The molecule has 0 unspecified atom stereocenters. The van der Waals surface area contributed by atoms with Crippen LogP contribution in [0, 0.1) is 0 Å². The largest absolute Gasteiger partial charge is 0.388 e. The number of rotatable bonds is 4. The summed E-state index contributed by atoms with van der Waals surface area (Å²) < 4.78 is 9.50. The molecule has 0 saturated carbocycles. The molecule has 0 aliphatic carbocycles. The highest BCUT2D eigenvalue weighted by molar-refractivity contribution is 5.57. The molecule has 8 atom stereocenters. The summed E-state index contributed by atoms with van der Waals surface area (Å²) in [6.07, 6.45) is -8.50. The first-order valence-electron chi connectivity index (χ1n) is 6.55. The first-order chi connectivity index (χ1) is 10.3. The SMILES string of the molecule is O=C[C@H](O)[C@H]1OC[C@@H](O)[C@@H]1O.O=C[C@H](O)[C@H]1OC[C@@H](O)[C@@H]1O. The highest BCUT2D eigenvalue weighted by Crippen LogP contribution is 2.17. The molecule has 2 fully saturated rings. The van der Waals surface area contributed by atoms with E-state index in [1.165, 1.54) is 0 Å². The lowest BCUT2D eigenvalue weighted by molar-refractivity contribution is -0.125. The highest BCUT2D eigenvalue weighted by atomic mass is 16.5. The third-order valence-electron chi connectivity index (χ3n) is 3.33. The highest BCUT2D eigenvalue weighted by Gasteiger charge is 2.39. The van der Waals surface area contributed by atoms with Crippen LogP contribution in [-0.4, -0.2) is 105 Å². The molecule has 0 aromatic carbocycles. The van der Waals surface area contributed by atoms with Crippen LogP contribution in [0.1, 0.15) is 0 Å². The number of hydrogen-bond acceptors (Lipinski definition) is 10. The standard InChI is InChI=1S/2C6H10O5/c2*7-1-3(8)6-5(10)4(9)2-11-6/h2*1,3-6,8-10H,2H2/t2*3-,4+,5-,6+/m00/s1. The minimum absolute atomic E-state index is 0.0449. The van der Waals surface area contributed by atoms with Crippen molar-refractivity contribution in [3.05, 3.63) is 0 Å². The second kappa shape index (κ2) is 8.60. The summed E-state index contributed by atoms with van der Waals surface area (Å²) >= 11 is 0. The maximum atomic E-state index is 10.0. The average molecular weight is 324 g/mol. The molecule has 0 aromatic heterocycles. The van der Waals surface area contributed by atoms with E-state index in [2.05, 4.69) is 0 Å². The topological polar surface area (TPSA) is 174 Å². The van der Waals surface area contributed by atoms with Gasteiger partial charge in [0.25, 0.3) is 0 Å². The number of carbonyl (C=O) groups excluding carboxylic acids is 2. The fourth-order valence-corrected chi connectivity index (χ4v) is 2.01. The molecule has 10 nitrogen and oxygen atoms in total. The van der Waals surface area contributed by atoms with Crippen LogP contribution >= 0.6 is 0 Å².